The predicted octanol–water partition coefficient (Wildman–Crippen LogP) is -3.97. The zero-order chi connectivity index (χ0) is 4.50. The molecule has 0 N–H and O–H groups in total. The Morgan fingerprint density at radius 2 is 1.12 bits per heavy atom. The molecular weight excluding hydrogens is 306 g/mol. The summed E-state index contributed by atoms with van der Waals surface area (Å²) in [6, 6.07) is 0. The van der Waals surface area contributed by atoms with Crippen LogP contribution in [0.3, 0.4) is 0 Å². The van der Waals surface area contributed by atoms with Crippen molar-refractivity contribution in [3.63, 3.8) is 0 Å². The van der Waals surface area contributed by atoms with Gasteiger partial charge < -0.3 is 19.2 Å². The summed E-state index contributed by atoms with van der Waals surface area (Å²) in [6.45, 7) is 0. The van der Waals surface area contributed by atoms with E-state index in [0.717, 1.165) is 0 Å². The third kappa shape index (κ3) is 90.2. The van der Waals surface area contributed by atoms with Gasteiger partial charge in [-0.2, -0.15) is 7.82 Å². The standard InChI is InChI=1S/Al.Ga.In.H3O4P/c;;;1-5(2,3)4/h;;;(H3,1,2,3,4)/q;;+3;/p-3. The number of phosphoric acid groups is 1. The molecule has 0 aromatic heterocycles. The van der Waals surface area contributed by atoms with Crippen LogP contribution in [0.25, 0.3) is 0 Å². The van der Waals surface area contributed by atoms with Crippen molar-refractivity contribution in [2.45, 2.75) is 0 Å². The largest absolute Gasteiger partial charge is 3.00 e. The van der Waals surface area contributed by atoms with Gasteiger partial charge in [0.25, 0.3) is 0 Å². The monoisotopic (exact) mass is 306 g/mol. The van der Waals surface area contributed by atoms with Crippen molar-refractivity contribution in [3.8, 4) is 0 Å². The van der Waals surface area contributed by atoms with Gasteiger partial charge in [-0.25, -0.2) is 0 Å². The van der Waals surface area contributed by atoms with Gasteiger partial charge in [-0.15, -0.1) is 0 Å². The Kier molecular flexibility index (Phi) is 25.7. The Morgan fingerprint density at radius 3 is 1.12 bits per heavy atom. The topological polar surface area (TPSA) is 86.2 Å². The van der Waals surface area contributed by atoms with Gasteiger partial charge in [-0.05, 0) is 0 Å². The average Bonchev–Trinajstić information content (AvgIpc) is 0.722. The summed E-state index contributed by atoms with van der Waals surface area (Å²) in [6.07, 6.45) is 0. The van der Waals surface area contributed by atoms with Crippen molar-refractivity contribution in [1.29, 1.82) is 0 Å². The first kappa shape index (κ1) is 22.5. The molecule has 0 unspecified atom stereocenters. The normalized spacial score (nSPS) is 7.38. The second-order valence-corrected chi connectivity index (χ2v) is 1.34. The minimum absolute atomic E-state index is 0. The zero-order valence-corrected chi connectivity index (χ0v) is 11.6. The van der Waals surface area contributed by atoms with Crippen LogP contribution < -0.4 is 14.7 Å². The smallest absolute Gasteiger partial charge is 0.822 e. The van der Waals surface area contributed by atoms with Gasteiger partial charge >= 0.3 is 25.8 Å². The summed E-state index contributed by atoms with van der Waals surface area (Å²) < 4.78 is 8.55. The van der Waals surface area contributed by atoms with E-state index in [4.69, 9.17) is 19.2 Å². The van der Waals surface area contributed by atoms with Gasteiger partial charge in [0.1, 0.15) is 0 Å². The number of hydrogen-bond donors (Lipinski definition) is 0. The molecule has 0 aliphatic rings. The maximum Gasteiger partial charge on any atom is 3.00 e. The van der Waals surface area contributed by atoms with Crippen molar-refractivity contribution in [2.24, 2.45) is 0 Å². The molecule has 0 rings (SSSR count). The summed E-state index contributed by atoms with van der Waals surface area (Å²) in [7, 11) is -5.39. The van der Waals surface area contributed by atoms with Crippen LogP contribution in [0.1, 0.15) is 0 Å². The molecule has 0 spiro atoms. The Hall–Kier alpha value is 2.15. The van der Waals surface area contributed by atoms with Crippen LogP contribution in [0.15, 0.2) is 0 Å². The van der Waals surface area contributed by atoms with Crippen LogP contribution in [0, 0.1) is 0 Å². The molecule has 0 atom stereocenters. The SMILES string of the molecule is O=P([O-])([O-])[O-].[Al].[Ga].[In+3]. The number of rotatable bonds is 0. The van der Waals surface area contributed by atoms with E-state index in [0.29, 0.717) is 0 Å². The van der Waals surface area contributed by atoms with E-state index in [-0.39, 0.29) is 63.0 Å². The van der Waals surface area contributed by atoms with E-state index in [1.165, 1.54) is 0 Å². The molecule has 0 heterocycles. The van der Waals surface area contributed by atoms with Crippen LogP contribution in [0.2, 0.25) is 0 Å². The van der Waals surface area contributed by atoms with E-state index >= 15 is 0 Å². The molecule has 0 aromatic carbocycles. The fourth-order valence-corrected chi connectivity index (χ4v) is 0. The van der Waals surface area contributed by atoms with Gasteiger partial charge in [-0.3, -0.25) is 0 Å². The summed E-state index contributed by atoms with van der Waals surface area (Å²) in [5, 5.41) is 0. The summed E-state index contributed by atoms with van der Waals surface area (Å²) in [5.74, 6) is 0. The fraction of sp³-hybridized carbons (Fsp3) is 0. The van der Waals surface area contributed by atoms with Crippen LogP contribution in [-0.4, -0.2) is 63.0 Å². The van der Waals surface area contributed by atoms with Crippen molar-refractivity contribution >= 4 is 70.8 Å². The number of hydrogen-bond acceptors (Lipinski definition) is 4. The fourth-order valence-electron chi connectivity index (χ4n) is 0. The van der Waals surface area contributed by atoms with E-state index < -0.39 is 7.82 Å². The van der Waals surface area contributed by atoms with Crippen molar-refractivity contribution in [3.05, 3.63) is 0 Å². The Balaban J connectivity index is -0.0000000267. The van der Waals surface area contributed by atoms with Crippen molar-refractivity contribution in [2.75, 3.05) is 0 Å². The van der Waals surface area contributed by atoms with Gasteiger partial charge in [0.2, 0.25) is 0 Å². The zero-order valence-electron chi connectivity index (χ0n) is 3.81. The van der Waals surface area contributed by atoms with E-state index in [2.05, 4.69) is 0 Å². The summed E-state index contributed by atoms with van der Waals surface area (Å²) in [5.41, 5.74) is 0. The molecule has 0 aliphatic carbocycles. The van der Waals surface area contributed by atoms with Gasteiger partial charge in [0, 0.05) is 37.2 Å². The molecule has 0 aromatic rings. The first-order valence-corrected chi connectivity index (χ1v) is 2.19. The van der Waals surface area contributed by atoms with E-state index in [9.17, 15) is 0 Å². The molecule has 0 fully saturated rings. The van der Waals surface area contributed by atoms with Crippen LogP contribution in [0.4, 0.5) is 0 Å². The molecule has 0 saturated carbocycles. The maximum absolute atomic E-state index is 8.55. The van der Waals surface area contributed by atoms with E-state index in [1.807, 2.05) is 0 Å². The predicted molar refractivity (Wildman–Crippen MR) is 24.9 cm³/mol. The minimum Gasteiger partial charge on any atom is -0.822 e. The Bertz CT molecular complexity index is 62.2. The first-order valence-electron chi connectivity index (χ1n) is 0.730. The van der Waals surface area contributed by atoms with Gasteiger partial charge in [-0.1, -0.05) is 0 Å². The van der Waals surface area contributed by atoms with E-state index in [1.54, 1.807) is 0 Å². The van der Waals surface area contributed by atoms with Crippen LogP contribution in [-0.2, 0) is 4.57 Å². The van der Waals surface area contributed by atoms with Gasteiger partial charge in [0.05, 0.1) is 0 Å². The maximum atomic E-state index is 8.55. The summed E-state index contributed by atoms with van der Waals surface area (Å²) in [4.78, 5) is 25.6. The molecule has 6 radical (unpaired) electrons. The van der Waals surface area contributed by atoms with Gasteiger partial charge in [0.15, 0.2) is 0 Å². The second kappa shape index (κ2) is 9.15. The van der Waals surface area contributed by atoms with Crippen molar-refractivity contribution < 1.29 is 19.2 Å². The summed E-state index contributed by atoms with van der Waals surface area (Å²) >= 11 is 0. The molecule has 0 saturated heterocycles. The minimum atomic E-state index is -5.39. The second-order valence-electron chi connectivity index (χ2n) is 0.447. The molecule has 8 heavy (non-hydrogen) atoms. The molecule has 0 bridgehead atoms. The van der Waals surface area contributed by atoms with Crippen LogP contribution in [0.5, 0.6) is 0 Å². The molecule has 0 amide bonds. The quantitative estimate of drug-likeness (QED) is 0.337. The molecule has 8 heteroatoms. The average molecular weight is 306 g/mol. The Morgan fingerprint density at radius 1 is 1.12 bits per heavy atom. The molecule has 0 aliphatic heterocycles. The molecular formula is AlGaInO4P. The Labute approximate surface area is 89.3 Å². The first-order chi connectivity index (χ1) is 2.00. The molecule has 4 nitrogen and oxygen atoms in total. The third-order valence-corrected chi connectivity index (χ3v) is 0. The van der Waals surface area contributed by atoms with Crippen molar-refractivity contribution in [1.82, 2.24) is 0 Å². The molecule has 38 valence electrons. The van der Waals surface area contributed by atoms with Crippen LogP contribution >= 0.6 is 7.82 Å². The third-order valence-electron chi connectivity index (χ3n) is 0.